The van der Waals surface area contributed by atoms with Crippen LogP contribution in [0.25, 0.3) is 0 Å². The molecule has 0 aromatic carbocycles. The van der Waals surface area contributed by atoms with Crippen molar-refractivity contribution in [2.24, 2.45) is 0 Å². The third kappa shape index (κ3) is 3.70. The number of ether oxygens (including phenoxy) is 1. The predicted molar refractivity (Wildman–Crippen MR) is 66.5 cm³/mol. The zero-order valence-corrected chi connectivity index (χ0v) is 11.3. The molecule has 2 amide bonds. The maximum Gasteiger partial charge on any atom is 0.408 e. The summed E-state index contributed by atoms with van der Waals surface area (Å²) in [5.74, 6) is -0.810. The molecule has 0 unspecified atom stereocenters. The van der Waals surface area contributed by atoms with Gasteiger partial charge in [-0.05, 0) is 12.5 Å². The van der Waals surface area contributed by atoms with Gasteiger partial charge in [0, 0.05) is 33.1 Å². The van der Waals surface area contributed by atoms with Crippen molar-refractivity contribution in [1.82, 2.24) is 9.80 Å². The molecule has 1 aliphatic rings. The van der Waals surface area contributed by atoms with E-state index in [0.717, 1.165) is 4.90 Å². The Labute approximate surface area is 111 Å². The van der Waals surface area contributed by atoms with Crippen LogP contribution in [0, 0.1) is 0 Å². The highest BCUT2D eigenvalue weighted by atomic mass is 16.5. The zero-order valence-electron chi connectivity index (χ0n) is 11.3. The van der Waals surface area contributed by atoms with Crippen molar-refractivity contribution in [1.29, 1.82) is 0 Å². The van der Waals surface area contributed by atoms with Crippen LogP contribution in [0.2, 0.25) is 0 Å². The van der Waals surface area contributed by atoms with Gasteiger partial charge in [0.05, 0.1) is 6.61 Å². The quantitative estimate of drug-likeness (QED) is 0.589. The molecule has 1 saturated heterocycles. The van der Waals surface area contributed by atoms with E-state index in [1.807, 2.05) is 0 Å². The largest absolute Gasteiger partial charge is 0.465 e. The standard InChI is InChI=1S/C12H18N2O5/c1-4-19-10(15)6-8-5-9(11(16)13(2)3)14(7-8)12(17)18/h6,9H,4-5,7H2,1-3H3,(H,17,18)/b8-6+/t9-/m1/s1. The lowest BCUT2D eigenvalue weighted by atomic mass is 10.1. The first-order valence-electron chi connectivity index (χ1n) is 5.93. The van der Waals surface area contributed by atoms with Crippen molar-refractivity contribution < 1.29 is 24.2 Å². The Morgan fingerprint density at radius 1 is 1.47 bits per heavy atom. The van der Waals surface area contributed by atoms with E-state index in [1.165, 1.54) is 11.0 Å². The van der Waals surface area contributed by atoms with Crippen LogP contribution in [0.1, 0.15) is 13.3 Å². The van der Waals surface area contributed by atoms with Crippen molar-refractivity contribution in [3.8, 4) is 0 Å². The van der Waals surface area contributed by atoms with Crippen molar-refractivity contribution in [3.05, 3.63) is 11.6 Å². The average molecular weight is 270 g/mol. The van der Waals surface area contributed by atoms with Gasteiger partial charge in [0.1, 0.15) is 6.04 Å². The fraction of sp³-hybridized carbons (Fsp3) is 0.583. The van der Waals surface area contributed by atoms with Gasteiger partial charge >= 0.3 is 12.1 Å². The molecule has 1 aliphatic heterocycles. The summed E-state index contributed by atoms with van der Waals surface area (Å²) in [5.41, 5.74) is 0.584. The summed E-state index contributed by atoms with van der Waals surface area (Å²) in [6.45, 7) is 2.00. The first kappa shape index (κ1) is 15.0. The van der Waals surface area contributed by atoms with Gasteiger partial charge in [-0.3, -0.25) is 9.69 Å². The molecule has 0 aliphatic carbocycles. The number of nitrogens with zero attached hydrogens (tertiary/aromatic N) is 2. The van der Waals surface area contributed by atoms with Gasteiger partial charge in [0.25, 0.3) is 0 Å². The molecular weight excluding hydrogens is 252 g/mol. The van der Waals surface area contributed by atoms with Gasteiger partial charge < -0.3 is 14.7 Å². The second-order valence-electron chi connectivity index (χ2n) is 4.42. The second kappa shape index (κ2) is 6.21. The molecule has 1 fully saturated rings. The Balaban J connectivity index is 2.86. The third-order valence-electron chi connectivity index (χ3n) is 2.79. The lowest BCUT2D eigenvalue weighted by molar-refractivity contribution is -0.137. The summed E-state index contributed by atoms with van der Waals surface area (Å²) in [7, 11) is 3.13. The molecule has 1 N–H and O–H groups in total. The van der Waals surface area contributed by atoms with Crippen LogP contribution in [-0.2, 0) is 14.3 Å². The molecule has 0 bridgehead atoms. The van der Waals surface area contributed by atoms with Crippen LogP contribution in [0.4, 0.5) is 4.79 Å². The number of carbonyl (C=O) groups excluding carboxylic acids is 2. The third-order valence-corrected chi connectivity index (χ3v) is 2.79. The molecule has 0 saturated carbocycles. The van der Waals surface area contributed by atoms with Gasteiger partial charge in [-0.2, -0.15) is 0 Å². The molecule has 7 nitrogen and oxygen atoms in total. The van der Waals surface area contributed by atoms with Crippen molar-refractivity contribution in [3.63, 3.8) is 0 Å². The summed E-state index contributed by atoms with van der Waals surface area (Å²) in [5, 5.41) is 9.08. The number of amides is 2. The van der Waals surface area contributed by atoms with Crippen molar-refractivity contribution in [2.75, 3.05) is 27.2 Å². The monoisotopic (exact) mass is 270 g/mol. The molecule has 1 atom stereocenters. The molecule has 0 spiro atoms. The van der Waals surface area contributed by atoms with Crippen LogP contribution in [0.5, 0.6) is 0 Å². The number of hydrogen-bond donors (Lipinski definition) is 1. The topological polar surface area (TPSA) is 87.2 Å². The number of likely N-dealkylation sites (tertiary alicyclic amines) is 1. The lowest BCUT2D eigenvalue weighted by Gasteiger charge is -2.22. The van der Waals surface area contributed by atoms with Crippen LogP contribution >= 0.6 is 0 Å². The van der Waals surface area contributed by atoms with Gasteiger partial charge in [-0.25, -0.2) is 9.59 Å². The lowest BCUT2D eigenvalue weighted by Crippen LogP contribution is -2.44. The van der Waals surface area contributed by atoms with Crippen LogP contribution < -0.4 is 0 Å². The van der Waals surface area contributed by atoms with E-state index in [1.54, 1.807) is 21.0 Å². The normalized spacial score (nSPS) is 20.5. The predicted octanol–water partition coefficient (Wildman–Crippen LogP) is 0.316. The van der Waals surface area contributed by atoms with Crippen molar-refractivity contribution >= 4 is 18.0 Å². The number of rotatable bonds is 3. The SMILES string of the molecule is CCOC(=O)/C=C1\C[C@H](C(=O)N(C)C)N(C(=O)O)C1. The van der Waals surface area contributed by atoms with Gasteiger partial charge in [0.2, 0.25) is 5.91 Å². The minimum atomic E-state index is -1.17. The Kier molecular flexibility index (Phi) is 4.91. The first-order chi connectivity index (χ1) is 8.86. The molecule has 7 heteroatoms. The van der Waals surface area contributed by atoms with E-state index >= 15 is 0 Å². The van der Waals surface area contributed by atoms with Gasteiger partial charge in [-0.15, -0.1) is 0 Å². The highest BCUT2D eigenvalue weighted by Gasteiger charge is 2.37. The molecule has 0 aromatic rings. The maximum absolute atomic E-state index is 11.9. The van der Waals surface area contributed by atoms with E-state index in [9.17, 15) is 14.4 Å². The Hall–Kier alpha value is -2.05. The van der Waals surface area contributed by atoms with E-state index in [0.29, 0.717) is 5.57 Å². The molecular formula is C12H18N2O5. The average Bonchev–Trinajstić information content (AvgIpc) is 2.72. The molecule has 1 rings (SSSR count). The van der Waals surface area contributed by atoms with E-state index in [2.05, 4.69) is 0 Å². The van der Waals surface area contributed by atoms with Gasteiger partial charge in [-0.1, -0.05) is 0 Å². The van der Waals surface area contributed by atoms with Gasteiger partial charge in [0.15, 0.2) is 0 Å². The minimum Gasteiger partial charge on any atom is -0.465 e. The number of carbonyl (C=O) groups is 3. The van der Waals surface area contributed by atoms with Crippen LogP contribution in [-0.4, -0.2) is 66.2 Å². The highest BCUT2D eigenvalue weighted by Crippen LogP contribution is 2.24. The number of carboxylic acid groups (broad SMARTS) is 1. The molecule has 1 heterocycles. The molecule has 0 radical (unpaired) electrons. The Morgan fingerprint density at radius 2 is 2.11 bits per heavy atom. The zero-order chi connectivity index (χ0) is 14.6. The van der Waals surface area contributed by atoms with E-state index in [4.69, 9.17) is 9.84 Å². The number of likely N-dealkylation sites (N-methyl/N-ethyl adjacent to an activating group) is 1. The molecule has 106 valence electrons. The number of esters is 1. The summed E-state index contributed by atoms with van der Waals surface area (Å²) >= 11 is 0. The smallest absolute Gasteiger partial charge is 0.408 e. The summed E-state index contributed by atoms with van der Waals surface area (Å²) < 4.78 is 4.77. The summed E-state index contributed by atoms with van der Waals surface area (Å²) in [6.07, 6.45) is 0.317. The Morgan fingerprint density at radius 3 is 2.58 bits per heavy atom. The molecule has 19 heavy (non-hydrogen) atoms. The summed E-state index contributed by atoms with van der Waals surface area (Å²) in [6, 6.07) is -0.770. The molecule has 0 aromatic heterocycles. The van der Waals surface area contributed by atoms with E-state index < -0.39 is 18.1 Å². The van der Waals surface area contributed by atoms with Crippen LogP contribution in [0.15, 0.2) is 11.6 Å². The van der Waals surface area contributed by atoms with Crippen LogP contribution in [0.3, 0.4) is 0 Å². The highest BCUT2D eigenvalue weighted by molar-refractivity contribution is 5.88. The minimum absolute atomic E-state index is 0.0540. The fourth-order valence-corrected chi connectivity index (χ4v) is 1.93. The summed E-state index contributed by atoms with van der Waals surface area (Å²) in [4.78, 5) is 36.7. The Bertz CT molecular complexity index is 416. The number of hydrogen-bond acceptors (Lipinski definition) is 4. The van der Waals surface area contributed by atoms with E-state index in [-0.39, 0.29) is 25.5 Å². The first-order valence-corrected chi connectivity index (χ1v) is 5.93. The maximum atomic E-state index is 11.9. The van der Waals surface area contributed by atoms with Crippen molar-refractivity contribution in [2.45, 2.75) is 19.4 Å². The fourth-order valence-electron chi connectivity index (χ4n) is 1.93. The second-order valence-corrected chi connectivity index (χ2v) is 4.42.